The number of piperidine rings is 1. The number of hydrogen-bond donors (Lipinski definition) is 1. The first kappa shape index (κ1) is 19.8. The average Bonchev–Trinajstić information content (AvgIpc) is 2.74. The highest BCUT2D eigenvalue weighted by atomic mass is 16.6. The van der Waals surface area contributed by atoms with E-state index in [1.54, 1.807) is 28.9 Å². The first-order valence-corrected chi connectivity index (χ1v) is 9.61. The van der Waals surface area contributed by atoms with Crippen LogP contribution in [0.15, 0.2) is 12.1 Å². The van der Waals surface area contributed by atoms with Crippen LogP contribution in [0.5, 0.6) is 0 Å². The van der Waals surface area contributed by atoms with Gasteiger partial charge in [-0.05, 0) is 31.9 Å². The van der Waals surface area contributed by atoms with Gasteiger partial charge in [-0.1, -0.05) is 0 Å². The van der Waals surface area contributed by atoms with Crippen molar-refractivity contribution in [1.29, 1.82) is 0 Å². The van der Waals surface area contributed by atoms with Crippen LogP contribution in [-0.2, 0) is 9.53 Å². The first-order valence-electron chi connectivity index (χ1n) is 9.61. The molecule has 3 rings (SSSR count). The minimum Gasteiger partial charge on any atom is -0.450 e. The maximum absolute atomic E-state index is 12.4. The van der Waals surface area contributed by atoms with Crippen LogP contribution >= 0.6 is 0 Å². The molecule has 1 N–H and O–H groups in total. The molecule has 3 amide bonds. The molecule has 2 fully saturated rings. The zero-order chi connectivity index (χ0) is 19.9. The van der Waals surface area contributed by atoms with Crippen molar-refractivity contribution >= 4 is 24.2 Å². The molecule has 10 nitrogen and oxygen atoms in total. The average molecular weight is 390 g/mol. The smallest absolute Gasteiger partial charge is 0.409 e. The lowest BCUT2D eigenvalue weighted by molar-refractivity contribution is -0.118. The number of carbonyl (C=O) groups is 3. The topological polar surface area (TPSA) is 108 Å². The summed E-state index contributed by atoms with van der Waals surface area (Å²) in [6.07, 6.45) is 1.91. The Hall–Kier alpha value is -2.91. The molecule has 0 atom stereocenters. The molecule has 1 aromatic heterocycles. The van der Waals surface area contributed by atoms with Crippen molar-refractivity contribution in [3.8, 4) is 0 Å². The molecule has 28 heavy (non-hydrogen) atoms. The first-order chi connectivity index (χ1) is 13.6. The van der Waals surface area contributed by atoms with Gasteiger partial charge in [0.25, 0.3) is 5.91 Å². The third-order valence-electron chi connectivity index (χ3n) is 5.03. The number of nitrogens with one attached hydrogen (secondary N) is 1. The Bertz CT molecular complexity index is 682. The van der Waals surface area contributed by atoms with Crippen molar-refractivity contribution in [2.75, 3.05) is 50.8 Å². The summed E-state index contributed by atoms with van der Waals surface area (Å²) in [6, 6.07) is 3.44. The fourth-order valence-corrected chi connectivity index (χ4v) is 3.35. The fraction of sp³-hybridized carbons (Fsp3) is 0.611. The van der Waals surface area contributed by atoms with Gasteiger partial charge in [0.2, 0.25) is 6.41 Å². The maximum atomic E-state index is 12.4. The van der Waals surface area contributed by atoms with Gasteiger partial charge in [0.1, 0.15) is 0 Å². The molecule has 10 heteroatoms. The zero-order valence-electron chi connectivity index (χ0n) is 16.0. The van der Waals surface area contributed by atoms with Gasteiger partial charge < -0.3 is 24.8 Å². The van der Waals surface area contributed by atoms with Crippen molar-refractivity contribution in [3.63, 3.8) is 0 Å². The van der Waals surface area contributed by atoms with Gasteiger partial charge in [-0.15, -0.1) is 10.2 Å². The summed E-state index contributed by atoms with van der Waals surface area (Å²) in [4.78, 5) is 40.3. The molecule has 3 heterocycles. The second-order valence-corrected chi connectivity index (χ2v) is 6.84. The Morgan fingerprint density at radius 2 is 1.86 bits per heavy atom. The number of aromatic nitrogens is 2. The molecule has 0 unspecified atom stereocenters. The third-order valence-corrected chi connectivity index (χ3v) is 5.03. The highest BCUT2D eigenvalue weighted by Crippen LogP contribution is 2.14. The number of carbonyl (C=O) groups excluding carboxylic acids is 3. The van der Waals surface area contributed by atoms with Crippen molar-refractivity contribution in [2.45, 2.75) is 25.8 Å². The summed E-state index contributed by atoms with van der Waals surface area (Å²) in [6.45, 7) is 5.94. The van der Waals surface area contributed by atoms with E-state index >= 15 is 0 Å². The highest BCUT2D eigenvalue weighted by Gasteiger charge is 2.25. The van der Waals surface area contributed by atoms with E-state index in [-0.39, 0.29) is 23.7 Å². The second-order valence-electron chi connectivity index (χ2n) is 6.84. The lowest BCUT2D eigenvalue weighted by Crippen LogP contribution is -2.47. The van der Waals surface area contributed by atoms with Gasteiger partial charge in [-0.2, -0.15) is 0 Å². The van der Waals surface area contributed by atoms with Gasteiger partial charge in [-0.3, -0.25) is 9.59 Å². The number of hydrogen-bond acceptors (Lipinski definition) is 7. The van der Waals surface area contributed by atoms with Crippen LogP contribution in [0.4, 0.5) is 10.6 Å². The number of piperazine rings is 1. The number of amides is 3. The number of rotatable bonds is 5. The number of likely N-dealkylation sites (tertiary alicyclic amines) is 1. The van der Waals surface area contributed by atoms with Crippen LogP contribution in [0.25, 0.3) is 0 Å². The molecule has 0 aromatic carbocycles. The molecule has 1 aromatic rings. The van der Waals surface area contributed by atoms with Crippen LogP contribution in [0.3, 0.4) is 0 Å². The molecule has 0 radical (unpaired) electrons. The third kappa shape index (κ3) is 4.87. The minimum atomic E-state index is -0.303. The molecule has 0 aliphatic carbocycles. The summed E-state index contributed by atoms with van der Waals surface area (Å²) >= 11 is 0. The van der Waals surface area contributed by atoms with Crippen molar-refractivity contribution in [3.05, 3.63) is 17.8 Å². The second kappa shape index (κ2) is 9.34. The van der Waals surface area contributed by atoms with E-state index in [4.69, 9.17) is 4.74 Å². The molecular formula is C18H26N6O4. The van der Waals surface area contributed by atoms with Crippen LogP contribution in [0.2, 0.25) is 0 Å². The molecule has 152 valence electrons. The Kier molecular flexibility index (Phi) is 6.62. The van der Waals surface area contributed by atoms with E-state index in [2.05, 4.69) is 15.5 Å². The van der Waals surface area contributed by atoms with E-state index < -0.39 is 0 Å². The molecule has 2 aliphatic heterocycles. The van der Waals surface area contributed by atoms with Gasteiger partial charge in [-0.25, -0.2) is 4.79 Å². The molecule has 0 saturated carbocycles. The van der Waals surface area contributed by atoms with E-state index in [9.17, 15) is 14.4 Å². The Morgan fingerprint density at radius 1 is 1.14 bits per heavy atom. The molecule has 2 aliphatic rings. The highest BCUT2D eigenvalue weighted by molar-refractivity contribution is 5.92. The Labute approximate surface area is 163 Å². The molecule has 0 spiro atoms. The Balaban J connectivity index is 1.48. The number of nitrogens with zero attached hydrogens (tertiary/aromatic N) is 5. The van der Waals surface area contributed by atoms with Gasteiger partial charge in [0, 0.05) is 45.3 Å². The van der Waals surface area contributed by atoms with Crippen LogP contribution in [0, 0.1) is 0 Å². The largest absolute Gasteiger partial charge is 0.450 e. The Morgan fingerprint density at radius 3 is 2.43 bits per heavy atom. The maximum Gasteiger partial charge on any atom is 0.409 e. The summed E-state index contributed by atoms with van der Waals surface area (Å²) in [7, 11) is 0. The van der Waals surface area contributed by atoms with E-state index in [1.165, 1.54) is 0 Å². The van der Waals surface area contributed by atoms with Crippen LogP contribution in [0.1, 0.15) is 30.3 Å². The lowest BCUT2D eigenvalue weighted by atomic mass is 10.1. The van der Waals surface area contributed by atoms with Crippen molar-refractivity contribution in [2.24, 2.45) is 0 Å². The summed E-state index contributed by atoms with van der Waals surface area (Å²) < 4.78 is 5.00. The molecular weight excluding hydrogens is 364 g/mol. The summed E-state index contributed by atoms with van der Waals surface area (Å²) in [5.74, 6) is 0.434. The minimum absolute atomic E-state index is 0.00364. The predicted octanol–water partition coefficient (Wildman–Crippen LogP) is 0.106. The predicted molar refractivity (Wildman–Crippen MR) is 101 cm³/mol. The lowest BCUT2D eigenvalue weighted by Gasteiger charge is -2.33. The van der Waals surface area contributed by atoms with E-state index in [1.807, 2.05) is 4.90 Å². The van der Waals surface area contributed by atoms with Crippen LogP contribution in [-0.4, -0.2) is 90.3 Å². The molecule has 2 saturated heterocycles. The standard InChI is InChI=1S/C18H26N6O4/c1-2-28-18(27)24-7-5-14(6-8-24)19-17(26)15-3-4-16(21-20-15)23-11-9-22(13-25)10-12-23/h3-4,13-14H,2,5-12H2,1H3,(H,19,26). The zero-order valence-corrected chi connectivity index (χ0v) is 16.0. The quantitative estimate of drug-likeness (QED) is 0.711. The van der Waals surface area contributed by atoms with Gasteiger partial charge in [0.15, 0.2) is 11.5 Å². The normalized spacial score (nSPS) is 18.0. The molecule has 0 bridgehead atoms. The number of ether oxygens (including phenoxy) is 1. The van der Waals surface area contributed by atoms with E-state index in [0.29, 0.717) is 64.5 Å². The summed E-state index contributed by atoms with van der Waals surface area (Å²) in [5.41, 5.74) is 0.267. The monoisotopic (exact) mass is 390 g/mol. The van der Waals surface area contributed by atoms with E-state index in [0.717, 1.165) is 6.41 Å². The van der Waals surface area contributed by atoms with Crippen molar-refractivity contribution in [1.82, 2.24) is 25.3 Å². The summed E-state index contributed by atoms with van der Waals surface area (Å²) in [5, 5.41) is 11.2. The fourth-order valence-electron chi connectivity index (χ4n) is 3.35. The SMILES string of the molecule is CCOC(=O)N1CCC(NC(=O)c2ccc(N3CCN(C=O)CC3)nn2)CC1. The van der Waals surface area contributed by atoms with Crippen molar-refractivity contribution < 1.29 is 19.1 Å². The van der Waals surface area contributed by atoms with Gasteiger partial charge >= 0.3 is 6.09 Å². The van der Waals surface area contributed by atoms with Gasteiger partial charge in [0.05, 0.1) is 6.61 Å². The number of anilines is 1. The van der Waals surface area contributed by atoms with Crippen LogP contribution < -0.4 is 10.2 Å².